The molecule has 0 spiro atoms. The van der Waals surface area contributed by atoms with Crippen molar-refractivity contribution in [1.29, 1.82) is 5.26 Å². The van der Waals surface area contributed by atoms with Crippen LogP contribution in [0.4, 0.5) is 0 Å². The van der Waals surface area contributed by atoms with E-state index in [1.54, 1.807) is 0 Å². The average molecular weight is 441 g/mol. The Bertz CT molecular complexity index is 1580. The van der Waals surface area contributed by atoms with Gasteiger partial charge < -0.3 is 10.5 Å². The molecule has 1 aliphatic carbocycles. The second kappa shape index (κ2) is 8.24. The van der Waals surface area contributed by atoms with E-state index >= 15 is 0 Å². The lowest BCUT2D eigenvalue weighted by Crippen LogP contribution is -2.23. The molecule has 1 aliphatic heterocycles. The topological polar surface area (TPSA) is 59.0 Å². The molecule has 164 valence electrons. The van der Waals surface area contributed by atoms with Gasteiger partial charge in [-0.3, -0.25) is 0 Å². The second-order valence-corrected chi connectivity index (χ2v) is 9.02. The van der Waals surface area contributed by atoms with Crippen molar-refractivity contribution in [2.75, 3.05) is 0 Å². The van der Waals surface area contributed by atoms with Crippen LogP contribution in [-0.2, 0) is 4.74 Å². The summed E-state index contributed by atoms with van der Waals surface area (Å²) in [6.45, 7) is 0. The van der Waals surface area contributed by atoms with Crippen molar-refractivity contribution < 1.29 is 4.74 Å². The molecule has 6 rings (SSSR count). The number of allylic oxidation sites excluding steroid dienone is 3. The van der Waals surface area contributed by atoms with Crippen LogP contribution >= 0.6 is 0 Å². The van der Waals surface area contributed by atoms with E-state index in [-0.39, 0.29) is 11.8 Å². The Balaban J connectivity index is 1.48. The third-order valence-corrected chi connectivity index (χ3v) is 6.93. The van der Waals surface area contributed by atoms with Gasteiger partial charge in [-0.25, -0.2) is 0 Å². The summed E-state index contributed by atoms with van der Waals surface area (Å²) in [5, 5.41) is 14.8. The molecule has 2 N–H and O–H groups in total. The number of nitrogens with two attached hydrogens (primary N) is 1. The normalized spacial score (nSPS) is 19.3. The molecule has 4 aromatic rings. The number of ether oxygens (including phenoxy) is 1. The summed E-state index contributed by atoms with van der Waals surface area (Å²) in [5.74, 6) is 0.874. The molecule has 0 aromatic heterocycles. The first-order valence-electron chi connectivity index (χ1n) is 11.7. The Hall–Kier alpha value is -4.29. The zero-order chi connectivity index (χ0) is 23.1. The van der Waals surface area contributed by atoms with Gasteiger partial charge >= 0.3 is 0 Å². The number of nitrogens with zero attached hydrogens (tertiary/aromatic N) is 1. The Kier molecular flexibility index (Phi) is 4.93. The van der Waals surface area contributed by atoms with Gasteiger partial charge in [0.1, 0.15) is 17.4 Å². The molecule has 4 aromatic carbocycles. The molecular weight excluding hydrogens is 416 g/mol. The van der Waals surface area contributed by atoms with E-state index in [9.17, 15) is 5.26 Å². The van der Waals surface area contributed by atoms with Gasteiger partial charge in [0.15, 0.2) is 0 Å². The predicted molar refractivity (Wildman–Crippen MR) is 137 cm³/mol. The molecule has 1 unspecified atom stereocenters. The lowest BCUT2D eigenvalue weighted by Gasteiger charge is -2.33. The molecule has 3 nitrogen and oxygen atoms in total. The number of hydrogen-bond acceptors (Lipinski definition) is 3. The molecule has 3 heteroatoms. The van der Waals surface area contributed by atoms with Crippen molar-refractivity contribution in [3.8, 4) is 6.07 Å². The molecule has 0 bridgehead atoms. The van der Waals surface area contributed by atoms with E-state index in [2.05, 4.69) is 84.9 Å². The summed E-state index contributed by atoms with van der Waals surface area (Å²) < 4.78 is 6.15. The van der Waals surface area contributed by atoms with Crippen LogP contribution in [0.3, 0.4) is 0 Å². The van der Waals surface area contributed by atoms with Crippen molar-refractivity contribution in [2.24, 2.45) is 5.73 Å². The van der Waals surface area contributed by atoms with Gasteiger partial charge in [-0.2, -0.15) is 5.26 Å². The standard InChI is InChI=1S/C31H24N2O/c32-19-28-29(25-15-14-22-7-2-4-9-24(22)18-25)27-11-5-10-26(30(27)34-31(28)33)17-20-12-13-21-6-1-3-8-23(21)16-20/h1-4,6-9,12-18,29H,5,10-11,33H2/b26-17+. The monoisotopic (exact) mass is 440 g/mol. The van der Waals surface area contributed by atoms with Gasteiger partial charge in [0.25, 0.3) is 0 Å². The predicted octanol–water partition coefficient (Wildman–Crippen LogP) is 7.32. The van der Waals surface area contributed by atoms with Gasteiger partial charge in [0.2, 0.25) is 5.88 Å². The highest BCUT2D eigenvalue weighted by Gasteiger charge is 2.35. The molecule has 34 heavy (non-hydrogen) atoms. The van der Waals surface area contributed by atoms with Crippen LogP contribution in [0.25, 0.3) is 27.6 Å². The third kappa shape index (κ3) is 3.45. The Morgan fingerprint density at radius 2 is 1.50 bits per heavy atom. The van der Waals surface area contributed by atoms with Crippen molar-refractivity contribution in [3.05, 3.63) is 124 Å². The van der Waals surface area contributed by atoms with E-state index in [1.807, 2.05) is 12.1 Å². The van der Waals surface area contributed by atoms with Gasteiger partial charge in [-0.05, 0) is 75.2 Å². The molecule has 0 fully saturated rings. The quantitative estimate of drug-likeness (QED) is 0.355. The molecule has 0 saturated carbocycles. The van der Waals surface area contributed by atoms with E-state index < -0.39 is 0 Å². The van der Waals surface area contributed by atoms with Crippen molar-refractivity contribution >= 4 is 27.6 Å². The summed E-state index contributed by atoms with van der Waals surface area (Å²) in [6, 6.07) is 32.0. The van der Waals surface area contributed by atoms with Gasteiger partial charge in [-0.1, -0.05) is 78.9 Å². The molecule has 0 amide bonds. The average Bonchev–Trinajstić information content (AvgIpc) is 2.88. The fourth-order valence-electron chi connectivity index (χ4n) is 5.30. The largest absolute Gasteiger partial charge is 0.440 e. The highest BCUT2D eigenvalue weighted by Crippen LogP contribution is 2.47. The van der Waals surface area contributed by atoms with Crippen molar-refractivity contribution in [3.63, 3.8) is 0 Å². The van der Waals surface area contributed by atoms with Crippen LogP contribution in [0, 0.1) is 11.3 Å². The van der Waals surface area contributed by atoms with E-state index in [4.69, 9.17) is 10.5 Å². The van der Waals surface area contributed by atoms with Crippen molar-refractivity contribution in [1.82, 2.24) is 0 Å². The Morgan fingerprint density at radius 1 is 0.824 bits per heavy atom. The maximum Gasteiger partial charge on any atom is 0.205 e. The van der Waals surface area contributed by atoms with Crippen LogP contribution in [0.1, 0.15) is 36.3 Å². The van der Waals surface area contributed by atoms with E-state index in [0.29, 0.717) is 5.57 Å². The summed E-state index contributed by atoms with van der Waals surface area (Å²) in [4.78, 5) is 0. The third-order valence-electron chi connectivity index (χ3n) is 6.93. The fraction of sp³-hybridized carbons (Fsp3) is 0.129. The summed E-state index contributed by atoms with van der Waals surface area (Å²) in [5.41, 5.74) is 11.4. The second-order valence-electron chi connectivity index (χ2n) is 9.02. The lowest BCUT2D eigenvalue weighted by molar-refractivity contribution is 0.277. The number of nitriles is 1. The number of rotatable bonds is 2. The minimum atomic E-state index is -0.182. The van der Waals surface area contributed by atoms with Crippen LogP contribution in [0.15, 0.2) is 113 Å². The zero-order valence-electron chi connectivity index (χ0n) is 18.8. The first-order chi connectivity index (χ1) is 16.7. The summed E-state index contributed by atoms with van der Waals surface area (Å²) in [6.07, 6.45) is 5.04. The molecule has 2 aliphatic rings. The van der Waals surface area contributed by atoms with Crippen LogP contribution in [-0.4, -0.2) is 0 Å². The Labute approximate surface area is 199 Å². The zero-order valence-corrected chi connectivity index (χ0v) is 18.8. The summed E-state index contributed by atoms with van der Waals surface area (Å²) in [7, 11) is 0. The van der Waals surface area contributed by atoms with Gasteiger partial charge in [0, 0.05) is 5.92 Å². The smallest absolute Gasteiger partial charge is 0.205 e. The number of hydrogen-bond donors (Lipinski definition) is 1. The highest BCUT2D eigenvalue weighted by atomic mass is 16.5. The fourth-order valence-corrected chi connectivity index (χ4v) is 5.30. The number of fused-ring (bicyclic) bond motifs is 2. The van der Waals surface area contributed by atoms with Crippen LogP contribution in [0.2, 0.25) is 0 Å². The molecule has 1 atom stereocenters. The first-order valence-corrected chi connectivity index (χ1v) is 11.7. The number of benzene rings is 4. The SMILES string of the molecule is N#CC1=C(N)OC2=C(CCC/C2=C\c2ccc3ccccc3c2)C1c1ccc2ccccc2c1. The molecular formula is C31H24N2O. The van der Waals surface area contributed by atoms with Crippen molar-refractivity contribution in [2.45, 2.75) is 25.2 Å². The van der Waals surface area contributed by atoms with Crippen LogP contribution in [0.5, 0.6) is 0 Å². The maximum absolute atomic E-state index is 9.99. The highest BCUT2D eigenvalue weighted by molar-refractivity contribution is 5.85. The molecule has 0 saturated heterocycles. The minimum absolute atomic E-state index is 0.182. The van der Waals surface area contributed by atoms with E-state index in [0.717, 1.165) is 52.7 Å². The molecule has 1 heterocycles. The van der Waals surface area contributed by atoms with Crippen LogP contribution < -0.4 is 5.73 Å². The summed E-state index contributed by atoms with van der Waals surface area (Å²) >= 11 is 0. The lowest BCUT2D eigenvalue weighted by atomic mass is 9.76. The van der Waals surface area contributed by atoms with Gasteiger partial charge in [-0.15, -0.1) is 0 Å². The Morgan fingerprint density at radius 3 is 2.24 bits per heavy atom. The maximum atomic E-state index is 9.99. The van der Waals surface area contributed by atoms with E-state index in [1.165, 1.54) is 16.2 Å². The first kappa shape index (κ1) is 20.3. The molecule has 0 radical (unpaired) electrons. The minimum Gasteiger partial charge on any atom is -0.440 e. The van der Waals surface area contributed by atoms with Gasteiger partial charge in [0.05, 0.1) is 0 Å².